The van der Waals surface area contributed by atoms with Crippen molar-refractivity contribution in [1.82, 2.24) is 15.2 Å². The van der Waals surface area contributed by atoms with E-state index in [1.54, 1.807) is 11.3 Å². The monoisotopic (exact) mass is 504 g/mol. The zero-order valence-electron chi connectivity index (χ0n) is 19.2. The third kappa shape index (κ3) is 7.81. The van der Waals surface area contributed by atoms with Crippen molar-refractivity contribution in [3.05, 3.63) is 42.5 Å². The van der Waals surface area contributed by atoms with Gasteiger partial charge in [-0.05, 0) is 48.9 Å². The van der Waals surface area contributed by atoms with Crippen molar-refractivity contribution in [2.75, 3.05) is 63.3 Å². The maximum Gasteiger partial charge on any atom is 0.234 e. The Morgan fingerprint density at radius 3 is 2.58 bits per heavy atom. The Bertz CT molecular complexity index is 1020. The SMILES string of the molecule is CN(C)c1ccc(-c2nc3ccc(OCCCN(CCS)CC(=O)NCCS)cc3s2)cc1. The molecule has 2 aromatic carbocycles. The third-order valence-electron chi connectivity index (χ3n) is 5.10. The number of fused-ring (bicyclic) bond motifs is 1. The highest BCUT2D eigenvalue weighted by atomic mass is 32.1. The fraction of sp³-hybridized carbons (Fsp3) is 0.417. The minimum Gasteiger partial charge on any atom is -0.493 e. The summed E-state index contributed by atoms with van der Waals surface area (Å²) >= 11 is 10.1. The van der Waals surface area contributed by atoms with E-state index in [4.69, 9.17) is 9.72 Å². The number of ether oxygens (including phenoxy) is 1. The standard InChI is InChI=1S/C24H32N4O2S3/c1-27(2)19-6-4-18(5-7-19)24-26-21-9-8-20(16-22(21)33-24)30-13-3-11-28(12-15-32)17-23(29)25-10-14-31/h4-9,16,31-32H,3,10-15,17H2,1-2H3,(H,25,29). The molecule has 1 heterocycles. The van der Waals surface area contributed by atoms with Crippen LogP contribution < -0.4 is 15.0 Å². The molecule has 1 aromatic heterocycles. The number of rotatable bonds is 13. The van der Waals surface area contributed by atoms with Crippen LogP contribution in [-0.2, 0) is 4.79 Å². The van der Waals surface area contributed by atoms with E-state index in [0.29, 0.717) is 31.2 Å². The summed E-state index contributed by atoms with van der Waals surface area (Å²) in [4.78, 5) is 20.9. The van der Waals surface area contributed by atoms with Crippen molar-refractivity contribution < 1.29 is 9.53 Å². The van der Waals surface area contributed by atoms with Gasteiger partial charge in [0.05, 0.1) is 23.4 Å². The minimum absolute atomic E-state index is 0.0227. The summed E-state index contributed by atoms with van der Waals surface area (Å²) in [6.07, 6.45) is 0.831. The van der Waals surface area contributed by atoms with Crippen LogP contribution in [0.15, 0.2) is 42.5 Å². The lowest BCUT2D eigenvalue weighted by atomic mass is 10.2. The van der Waals surface area contributed by atoms with Gasteiger partial charge in [-0.1, -0.05) is 0 Å². The van der Waals surface area contributed by atoms with Gasteiger partial charge in [0.2, 0.25) is 5.91 Å². The first kappa shape index (κ1) is 25.7. The number of amides is 1. The van der Waals surface area contributed by atoms with E-state index < -0.39 is 0 Å². The summed E-state index contributed by atoms with van der Waals surface area (Å²) in [6.45, 7) is 3.10. The molecule has 1 amide bonds. The molecule has 0 aliphatic carbocycles. The van der Waals surface area contributed by atoms with Gasteiger partial charge in [-0.25, -0.2) is 4.98 Å². The molecule has 0 bridgehead atoms. The highest BCUT2D eigenvalue weighted by Gasteiger charge is 2.11. The lowest BCUT2D eigenvalue weighted by Gasteiger charge is -2.20. The first-order valence-corrected chi connectivity index (χ1v) is 13.1. The highest BCUT2D eigenvalue weighted by Crippen LogP contribution is 2.33. The van der Waals surface area contributed by atoms with E-state index in [1.165, 1.54) is 5.69 Å². The molecular formula is C24H32N4O2S3. The zero-order valence-corrected chi connectivity index (χ0v) is 21.8. The molecule has 0 saturated heterocycles. The number of aromatic nitrogens is 1. The second-order valence-electron chi connectivity index (χ2n) is 7.87. The van der Waals surface area contributed by atoms with Crippen molar-refractivity contribution in [1.29, 1.82) is 0 Å². The fourth-order valence-corrected chi connectivity index (χ4v) is 4.76. The summed E-state index contributed by atoms with van der Waals surface area (Å²) in [5.74, 6) is 2.21. The lowest BCUT2D eigenvalue weighted by molar-refractivity contribution is -0.122. The lowest BCUT2D eigenvalue weighted by Crippen LogP contribution is -2.39. The first-order chi connectivity index (χ1) is 16.0. The Kier molecular flexibility index (Phi) is 10.2. The van der Waals surface area contributed by atoms with Crippen LogP contribution in [0.1, 0.15) is 6.42 Å². The van der Waals surface area contributed by atoms with E-state index in [9.17, 15) is 4.79 Å². The second-order valence-corrected chi connectivity index (χ2v) is 9.79. The molecule has 178 valence electrons. The number of hydrogen-bond donors (Lipinski definition) is 3. The molecule has 0 unspecified atom stereocenters. The van der Waals surface area contributed by atoms with E-state index in [2.05, 4.69) is 70.7 Å². The Hall–Kier alpha value is -1.94. The number of thiol groups is 2. The van der Waals surface area contributed by atoms with E-state index >= 15 is 0 Å². The van der Waals surface area contributed by atoms with Gasteiger partial charge in [0.15, 0.2) is 0 Å². The van der Waals surface area contributed by atoms with Crippen LogP contribution in [0, 0.1) is 0 Å². The van der Waals surface area contributed by atoms with Gasteiger partial charge >= 0.3 is 0 Å². The molecule has 0 saturated carbocycles. The Morgan fingerprint density at radius 1 is 1.09 bits per heavy atom. The summed E-state index contributed by atoms with van der Waals surface area (Å²) in [5, 5.41) is 3.86. The number of benzene rings is 2. The minimum atomic E-state index is 0.0227. The van der Waals surface area contributed by atoms with Crippen LogP contribution in [0.2, 0.25) is 0 Å². The van der Waals surface area contributed by atoms with Crippen LogP contribution in [0.5, 0.6) is 5.75 Å². The van der Waals surface area contributed by atoms with E-state index in [1.807, 2.05) is 26.2 Å². The van der Waals surface area contributed by atoms with Gasteiger partial charge in [-0.2, -0.15) is 25.3 Å². The quantitative estimate of drug-likeness (QED) is 0.242. The van der Waals surface area contributed by atoms with Crippen molar-refractivity contribution in [3.63, 3.8) is 0 Å². The summed E-state index contributed by atoms with van der Waals surface area (Å²) in [7, 11) is 4.07. The number of nitrogens with one attached hydrogen (secondary N) is 1. The molecule has 0 fully saturated rings. The molecule has 33 heavy (non-hydrogen) atoms. The smallest absolute Gasteiger partial charge is 0.234 e. The zero-order chi connectivity index (χ0) is 23.6. The predicted molar refractivity (Wildman–Crippen MR) is 147 cm³/mol. The molecule has 0 radical (unpaired) electrons. The number of carbonyl (C=O) groups is 1. The maximum atomic E-state index is 12.0. The maximum absolute atomic E-state index is 12.0. The summed E-state index contributed by atoms with van der Waals surface area (Å²) in [6, 6.07) is 14.5. The summed E-state index contributed by atoms with van der Waals surface area (Å²) < 4.78 is 7.09. The van der Waals surface area contributed by atoms with E-state index in [-0.39, 0.29) is 5.91 Å². The van der Waals surface area contributed by atoms with Gasteiger partial charge in [-0.3, -0.25) is 9.69 Å². The van der Waals surface area contributed by atoms with Crippen molar-refractivity contribution in [3.8, 4) is 16.3 Å². The fourth-order valence-electron chi connectivity index (χ4n) is 3.36. The average Bonchev–Trinajstić information content (AvgIpc) is 3.24. The van der Waals surface area contributed by atoms with Crippen molar-refractivity contribution >= 4 is 58.4 Å². The van der Waals surface area contributed by atoms with Crippen LogP contribution in [0.25, 0.3) is 20.8 Å². The number of carbonyl (C=O) groups excluding carboxylic acids is 1. The molecule has 0 spiro atoms. The second kappa shape index (κ2) is 13.1. The largest absolute Gasteiger partial charge is 0.493 e. The molecule has 9 heteroatoms. The van der Waals surface area contributed by atoms with Crippen molar-refractivity contribution in [2.24, 2.45) is 0 Å². The molecular weight excluding hydrogens is 472 g/mol. The van der Waals surface area contributed by atoms with Gasteiger partial charge in [0.1, 0.15) is 10.8 Å². The van der Waals surface area contributed by atoms with Crippen LogP contribution >= 0.6 is 36.6 Å². The van der Waals surface area contributed by atoms with Gasteiger partial charge in [0.25, 0.3) is 0 Å². The normalized spacial score (nSPS) is 11.2. The van der Waals surface area contributed by atoms with Crippen LogP contribution in [0.4, 0.5) is 5.69 Å². The molecule has 0 atom stereocenters. The topological polar surface area (TPSA) is 57.7 Å². The Morgan fingerprint density at radius 2 is 1.88 bits per heavy atom. The predicted octanol–water partition coefficient (Wildman–Crippen LogP) is 4.08. The third-order valence-corrected chi connectivity index (χ3v) is 6.59. The number of hydrogen-bond acceptors (Lipinski definition) is 8. The molecule has 3 rings (SSSR count). The molecule has 3 aromatic rings. The Balaban J connectivity index is 1.53. The van der Waals surface area contributed by atoms with Gasteiger partial charge < -0.3 is 15.0 Å². The molecule has 0 aliphatic rings. The number of anilines is 1. The van der Waals surface area contributed by atoms with Crippen LogP contribution in [0.3, 0.4) is 0 Å². The first-order valence-electron chi connectivity index (χ1n) is 11.0. The van der Waals surface area contributed by atoms with E-state index in [0.717, 1.165) is 46.0 Å². The number of nitrogens with zero attached hydrogens (tertiary/aromatic N) is 3. The van der Waals surface area contributed by atoms with Gasteiger partial charge in [0, 0.05) is 56.5 Å². The number of thiazole rings is 1. The average molecular weight is 505 g/mol. The summed E-state index contributed by atoms with van der Waals surface area (Å²) in [5.41, 5.74) is 3.26. The molecule has 0 aliphatic heterocycles. The Labute approximate surface area is 211 Å². The molecule has 1 N–H and O–H groups in total. The molecule has 6 nitrogen and oxygen atoms in total. The van der Waals surface area contributed by atoms with Crippen LogP contribution in [-0.4, -0.2) is 74.2 Å². The van der Waals surface area contributed by atoms with Gasteiger partial charge in [-0.15, -0.1) is 11.3 Å². The van der Waals surface area contributed by atoms with Crippen molar-refractivity contribution in [2.45, 2.75) is 6.42 Å². The highest BCUT2D eigenvalue weighted by molar-refractivity contribution is 7.80.